The number of nitrogen functional groups attached to an aromatic ring is 1. The van der Waals surface area contributed by atoms with E-state index >= 15 is 0 Å². The molecule has 4 unspecified atom stereocenters. The van der Waals surface area contributed by atoms with Crippen molar-refractivity contribution >= 4 is 35.1 Å². The Balaban J connectivity index is 1.80. The summed E-state index contributed by atoms with van der Waals surface area (Å²) in [7, 11) is 0. The summed E-state index contributed by atoms with van der Waals surface area (Å²) in [4.78, 5) is 53.3. The highest BCUT2D eigenvalue weighted by atomic mass is 16.6. The number of anilines is 2. The molecule has 1 aliphatic heterocycles. The van der Waals surface area contributed by atoms with Crippen LogP contribution in [-0.2, 0) is 19.1 Å². The number of rotatable bonds is 11. The van der Waals surface area contributed by atoms with E-state index in [0.29, 0.717) is 18.0 Å². The van der Waals surface area contributed by atoms with Crippen LogP contribution < -0.4 is 21.3 Å². The standard InChI is InChI=1S/C29H38N4O6/c1-5-17(3)13-25-22(15-27(36)39-25)31-26(35)16-33(23-10-8-7-9-18(23)4)29(38)21(6-2)32-28(37)19-11-12-24(34)20(30)14-19/h7-12,14,17,21-22,25,34H,5-6,13,15-16,30H2,1-4H3,(H,31,35)(H,32,37). The summed E-state index contributed by atoms with van der Waals surface area (Å²) in [5.41, 5.74) is 7.26. The van der Waals surface area contributed by atoms with Gasteiger partial charge in [-0.1, -0.05) is 45.4 Å². The highest BCUT2D eigenvalue weighted by molar-refractivity contribution is 6.05. The Kier molecular flexibility index (Phi) is 9.92. The molecular formula is C29H38N4O6. The van der Waals surface area contributed by atoms with Crippen LogP contribution in [0.15, 0.2) is 42.5 Å². The average Bonchev–Trinajstić information content (AvgIpc) is 3.24. The number of aromatic hydroxyl groups is 1. The molecule has 2 aromatic rings. The average molecular weight is 539 g/mol. The summed E-state index contributed by atoms with van der Waals surface area (Å²) in [6.45, 7) is 7.40. The molecule has 3 rings (SSSR count). The smallest absolute Gasteiger partial charge is 0.308 e. The predicted octanol–water partition coefficient (Wildman–Crippen LogP) is 3.06. The number of esters is 1. The highest BCUT2D eigenvalue weighted by Gasteiger charge is 2.37. The molecule has 10 heteroatoms. The van der Waals surface area contributed by atoms with E-state index in [1.807, 2.05) is 19.1 Å². The molecule has 3 amide bonds. The van der Waals surface area contributed by atoms with Gasteiger partial charge in [-0.05, 0) is 55.5 Å². The fraction of sp³-hybridized carbons (Fsp3) is 0.448. The molecule has 4 atom stereocenters. The van der Waals surface area contributed by atoms with E-state index in [4.69, 9.17) is 10.5 Å². The molecule has 2 aromatic carbocycles. The maximum absolute atomic E-state index is 13.8. The number of nitrogens with zero attached hydrogens (tertiary/aromatic N) is 1. The molecule has 0 spiro atoms. The van der Waals surface area contributed by atoms with Crippen LogP contribution in [-0.4, -0.2) is 53.5 Å². The zero-order valence-corrected chi connectivity index (χ0v) is 22.9. The van der Waals surface area contributed by atoms with Crippen LogP contribution in [0, 0.1) is 12.8 Å². The predicted molar refractivity (Wildman–Crippen MR) is 148 cm³/mol. The van der Waals surface area contributed by atoms with Crippen molar-refractivity contribution in [2.24, 2.45) is 5.92 Å². The lowest BCUT2D eigenvalue weighted by molar-refractivity contribution is -0.142. The first-order valence-corrected chi connectivity index (χ1v) is 13.3. The molecule has 1 saturated heterocycles. The molecule has 10 nitrogen and oxygen atoms in total. The molecule has 0 bridgehead atoms. The van der Waals surface area contributed by atoms with E-state index < -0.39 is 35.9 Å². The Morgan fingerprint density at radius 1 is 1.15 bits per heavy atom. The Hall–Kier alpha value is -4.08. The van der Waals surface area contributed by atoms with Crippen molar-refractivity contribution in [2.45, 2.75) is 71.6 Å². The highest BCUT2D eigenvalue weighted by Crippen LogP contribution is 2.25. The number of nitrogens with one attached hydrogen (secondary N) is 2. The third-order valence-corrected chi connectivity index (χ3v) is 7.07. The van der Waals surface area contributed by atoms with Crippen LogP contribution in [0.25, 0.3) is 0 Å². The maximum atomic E-state index is 13.8. The second-order valence-electron chi connectivity index (χ2n) is 10.1. The van der Waals surface area contributed by atoms with Crippen molar-refractivity contribution in [2.75, 3.05) is 17.2 Å². The second kappa shape index (κ2) is 13.1. The lowest BCUT2D eigenvalue weighted by Gasteiger charge is -2.29. The topological polar surface area (TPSA) is 151 Å². The van der Waals surface area contributed by atoms with Gasteiger partial charge in [0.25, 0.3) is 5.91 Å². The number of benzene rings is 2. The minimum absolute atomic E-state index is 0.0428. The van der Waals surface area contributed by atoms with Gasteiger partial charge in [-0.2, -0.15) is 0 Å². The molecule has 0 aromatic heterocycles. The van der Waals surface area contributed by atoms with Gasteiger partial charge in [0, 0.05) is 11.3 Å². The number of nitrogens with two attached hydrogens (primary N) is 1. The Morgan fingerprint density at radius 2 is 1.87 bits per heavy atom. The number of para-hydroxylation sites is 1. The third-order valence-electron chi connectivity index (χ3n) is 7.07. The van der Waals surface area contributed by atoms with E-state index in [9.17, 15) is 24.3 Å². The van der Waals surface area contributed by atoms with Gasteiger partial charge in [-0.15, -0.1) is 0 Å². The molecule has 0 saturated carbocycles. The Labute approximate surface area is 228 Å². The van der Waals surface area contributed by atoms with Gasteiger partial charge in [0.15, 0.2) is 0 Å². The van der Waals surface area contributed by atoms with Crippen molar-refractivity contribution in [3.8, 4) is 5.75 Å². The largest absolute Gasteiger partial charge is 0.506 e. The van der Waals surface area contributed by atoms with Crippen molar-refractivity contribution in [1.82, 2.24) is 10.6 Å². The quantitative estimate of drug-likeness (QED) is 0.195. The van der Waals surface area contributed by atoms with E-state index in [1.54, 1.807) is 19.1 Å². The van der Waals surface area contributed by atoms with E-state index in [2.05, 4.69) is 24.5 Å². The van der Waals surface area contributed by atoms with Gasteiger partial charge in [0.2, 0.25) is 11.8 Å². The molecule has 1 aliphatic rings. The van der Waals surface area contributed by atoms with Crippen LogP contribution in [0.2, 0.25) is 0 Å². The van der Waals surface area contributed by atoms with Gasteiger partial charge in [-0.3, -0.25) is 19.2 Å². The lowest BCUT2D eigenvalue weighted by Crippen LogP contribution is -2.52. The van der Waals surface area contributed by atoms with Gasteiger partial charge in [0.1, 0.15) is 24.4 Å². The van der Waals surface area contributed by atoms with E-state index in [-0.39, 0.29) is 42.4 Å². The van der Waals surface area contributed by atoms with Gasteiger partial charge in [0.05, 0.1) is 18.2 Å². The SMILES string of the molecule is CCC(C)CC1OC(=O)CC1NC(=O)CN(C(=O)C(CC)NC(=O)c1ccc(O)c(N)c1)c1ccccc1C. The number of hydrogen-bond donors (Lipinski definition) is 4. The van der Waals surface area contributed by atoms with Crippen LogP contribution in [0.4, 0.5) is 11.4 Å². The summed E-state index contributed by atoms with van der Waals surface area (Å²) in [6, 6.07) is 9.80. The van der Waals surface area contributed by atoms with Crippen molar-refractivity contribution in [3.63, 3.8) is 0 Å². The fourth-order valence-corrected chi connectivity index (χ4v) is 4.54. The van der Waals surface area contributed by atoms with Crippen LogP contribution in [0.1, 0.15) is 62.4 Å². The number of aryl methyl sites for hydroxylation is 1. The van der Waals surface area contributed by atoms with Gasteiger partial charge < -0.3 is 31.1 Å². The molecule has 0 aliphatic carbocycles. The monoisotopic (exact) mass is 538 g/mol. The number of carbonyl (C=O) groups is 4. The number of phenolic OH excluding ortho intramolecular Hbond substituents is 1. The lowest BCUT2D eigenvalue weighted by atomic mass is 9.96. The molecule has 39 heavy (non-hydrogen) atoms. The van der Waals surface area contributed by atoms with Gasteiger partial charge >= 0.3 is 5.97 Å². The summed E-state index contributed by atoms with van der Waals surface area (Å²) in [5, 5.41) is 15.3. The number of cyclic esters (lactones) is 1. The normalized spacial score (nSPS) is 18.1. The number of amides is 3. The number of ether oxygens (including phenoxy) is 1. The summed E-state index contributed by atoms with van der Waals surface area (Å²) < 4.78 is 5.45. The van der Waals surface area contributed by atoms with Crippen molar-refractivity contribution < 1.29 is 29.0 Å². The first kappa shape index (κ1) is 29.5. The molecular weight excluding hydrogens is 500 g/mol. The Morgan fingerprint density at radius 3 is 2.51 bits per heavy atom. The first-order valence-electron chi connectivity index (χ1n) is 13.3. The summed E-state index contributed by atoms with van der Waals surface area (Å²) >= 11 is 0. The van der Waals surface area contributed by atoms with E-state index in [0.717, 1.165) is 12.0 Å². The molecule has 1 heterocycles. The summed E-state index contributed by atoms with van der Waals surface area (Å²) in [5.74, 6) is -1.61. The molecule has 0 radical (unpaired) electrons. The zero-order valence-electron chi connectivity index (χ0n) is 22.9. The van der Waals surface area contributed by atoms with Crippen LogP contribution in [0.5, 0.6) is 5.75 Å². The molecule has 5 N–H and O–H groups in total. The number of phenols is 1. The summed E-state index contributed by atoms with van der Waals surface area (Å²) in [6.07, 6.45) is 1.49. The fourth-order valence-electron chi connectivity index (χ4n) is 4.54. The molecule has 1 fully saturated rings. The van der Waals surface area contributed by atoms with Crippen molar-refractivity contribution in [1.29, 1.82) is 0 Å². The van der Waals surface area contributed by atoms with Crippen LogP contribution in [0.3, 0.4) is 0 Å². The molecule has 210 valence electrons. The van der Waals surface area contributed by atoms with Crippen LogP contribution >= 0.6 is 0 Å². The second-order valence-corrected chi connectivity index (χ2v) is 10.1. The zero-order chi connectivity index (χ0) is 28.7. The van der Waals surface area contributed by atoms with Crippen molar-refractivity contribution in [3.05, 3.63) is 53.6 Å². The first-order chi connectivity index (χ1) is 18.5. The number of hydrogen-bond acceptors (Lipinski definition) is 7. The maximum Gasteiger partial charge on any atom is 0.308 e. The van der Waals surface area contributed by atoms with Gasteiger partial charge in [-0.25, -0.2) is 0 Å². The minimum atomic E-state index is -0.936. The Bertz CT molecular complexity index is 1220. The minimum Gasteiger partial charge on any atom is -0.506 e. The number of carbonyl (C=O) groups excluding carboxylic acids is 4. The third kappa shape index (κ3) is 7.49. The van der Waals surface area contributed by atoms with E-state index in [1.165, 1.54) is 23.1 Å².